The smallest absolute Gasteiger partial charge is 0.209 e. The third kappa shape index (κ3) is 3.54. The van der Waals surface area contributed by atoms with Crippen LogP contribution < -0.4 is 0 Å². The summed E-state index contributed by atoms with van der Waals surface area (Å²) < 4.78 is 18.7. The van der Waals surface area contributed by atoms with Crippen molar-refractivity contribution in [3.05, 3.63) is 42.2 Å². The van der Waals surface area contributed by atoms with Crippen LogP contribution in [-0.2, 0) is 6.54 Å². The highest BCUT2D eigenvalue weighted by atomic mass is 19.1. The third-order valence-electron chi connectivity index (χ3n) is 4.27. The number of hydrogen-bond donors (Lipinski definition) is 1. The van der Waals surface area contributed by atoms with E-state index >= 15 is 0 Å². The van der Waals surface area contributed by atoms with Gasteiger partial charge in [-0.3, -0.25) is 4.90 Å². The zero-order valence-corrected chi connectivity index (χ0v) is 12.7. The molecule has 4 nitrogen and oxygen atoms in total. The predicted molar refractivity (Wildman–Crippen MR) is 81.6 cm³/mol. The van der Waals surface area contributed by atoms with Crippen molar-refractivity contribution in [2.75, 3.05) is 13.1 Å². The number of rotatable bonds is 4. The molecule has 1 aromatic carbocycles. The van der Waals surface area contributed by atoms with Gasteiger partial charge >= 0.3 is 0 Å². The minimum absolute atomic E-state index is 0.263. The summed E-state index contributed by atoms with van der Waals surface area (Å²) in [5, 5.41) is 9.74. The van der Waals surface area contributed by atoms with Crippen LogP contribution in [0.15, 0.2) is 34.9 Å². The number of oxazole rings is 1. The number of nitrogens with zero attached hydrogens (tertiary/aromatic N) is 2. The van der Waals surface area contributed by atoms with Gasteiger partial charge in [-0.25, -0.2) is 9.37 Å². The molecule has 0 spiro atoms. The summed E-state index contributed by atoms with van der Waals surface area (Å²) in [6.45, 7) is 4.36. The standard InChI is InChI=1S/C17H21FN2O2/c1-12(21)14-3-2-8-20(10-14)11-17-19-9-16(22-17)13-4-6-15(18)7-5-13/h4-7,9,12,14,21H,2-3,8,10-11H2,1H3. The van der Waals surface area contributed by atoms with Gasteiger partial charge in [-0.1, -0.05) is 0 Å². The Morgan fingerprint density at radius 2 is 2.18 bits per heavy atom. The van der Waals surface area contributed by atoms with Crippen LogP contribution in [0.2, 0.25) is 0 Å². The van der Waals surface area contributed by atoms with E-state index in [1.807, 2.05) is 6.92 Å². The van der Waals surface area contributed by atoms with Gasteiger partial charge < -0.3 is 9.52 Å². The van der Waals surface area contributed by atoms with Gasteiger partial charge in [-0.05, 0) is 56.5 Å². The molecule has 0 amide bonds. The summed E-state index contributed by atoms with van der Waals surface area (Å²) in [4.78, 5) is 6.58. The summed E-state index contributed by atoms with van der Waals surface area (Å²) >= 11 is 0. The SMILES string of the molecule is CC(O)C1CCCN(Cc2ncc(-c3ccc(F)cc3)o2)C1. The highest BCUT2D eigenvalue weighted by molar-refractivity contribution is 5.55. The van der Waals surface area contributed by atoms with Gasteiger partial charge in [0.1, 0.15) is 5.82 Å². The molecule has 2 heterocycles. The van der Waals surface area contributed by atoms with Crippen molar-refractivity contribution < 1.29 is 13.9 Å². The topological polar surface area (TPSA) is 49.5 Å². The Morgan fingerprint density at radius 3 is 2.91 bits per heavy atom. The molecule has 0 bridgehead atoms. The second-order valence-electron chi connectivity index (χ2n) is 6.00. The van der Waals surface area contributed by atoms with Gasteiger partial charge in [0.2, 0.25) is 5.89 Å². The monoisotopic (exact) mass is 304 g/mol. The fourth-order valence-electron chi connectivity index (χ4n) is 2.95. The maximum atomic E-state index is 12.9. The zero-order valence-electron chi connectivity index (χ0n) is 12.7. The van der Waals surface area contributed by atoms with E-state index in [4.69, 9.17) is 4.42 Å². The second-order valence-corrected chi connectivity index (χ2v) is 6.00. The molecule has 2 unspecified atom stereocenters. The zero-order chi connectivity index (χ0) is 15.5. The first-order chi connectivity index (χ1) is 10.6. The van der Waals surface area contributed by atoms with Gasteiger partial charge in [-0.2, -0.15) is 0 Å². The first-order valence-electron chi connectivity index (χ1n) is 7.73. The minimum Gasteiger partial charge on any atom is -0.439 e. The van der Waals surface area contributed by atoms with E-state index in [1.54, 1.807) is 18.3 Å². The van der Waals surface area contributed by atoms with Crippen LogP contribution in [0.5, 0.6) is 0 Å². The molecule has 22 heavy (non-hydrogen) atoms. The van der Waals surface area contributed by atoms with Crippen molar-refractivity contribution in [1.29, 1.82) is 0 Å². The molecule has 0 aliphatic carbocycles. The Kier molecular flexibility index (Phi) is 4.55. The molecule has 118 valence electrons. The molecular formula is C17H21FN2O2. The number of aliphatic hydroxyl groups excluding tert-OH is 1. The number of aliphatic hydroxyl groups is 1. The van der Waals surface area contributed by atoms with Crippen LogP contribution >= 0.6 is 0 Å². The van der Waals surface area contributed by atoms with Crippen molar-refractivity contribution in [2.45, 2.75) is 32.4 Å². The second kappa shape index (κ2) is 6.58. The van der Waals surface area contributed by atoms with Gasteiger partial charge in [0.25, 0.3) is 0 Å². The predicted octanol–water partition coefficient (Wildman–Crippen LogP) is 3.07. The Hall–Kier alpha value is -1.72. The molecule has 5 heteroatoms. The Bertz CT molecular complexity index is 609. The molecule has 1 N–H and O–H groups in total. The van der Waals surface area contributed by atoms with Gasteiger partial charge in [-0.15, -0.1) is 0 Å². The van der Waals surface area contributed by atoms with Crippen LogP contribution in [0, 0.1) is 11.7 Å². The lowest BCUT2D eigenvalue weighted by Crippen LogP contribution is -2.39. The van der Waals surface area contributed by atoms with Gasteiger partial charge in [0, 0.05) is 12.1 Å². The maximum absolute atomic E-state index is 12.9. The first-order valence-corrected chi connectivity index (χ1v) is 7.73. The number of halogens is 1. The van der Waals surface area contributed by atoms with Gasteiger partial charge in [0.05, 0.1) is 18.8 Å². The van der Waals surface area contributed by atoms with Crippen LogP contribution in [0.25, 0.3) is 11.3 Å². The lowest BCUT2D eigenvalue weighted by Gasteiger charge is -2.33. The Labute approximate surface area is 129 Å². The molecule has 1 aliphatic rings. The average molecular weight is 304 g/mol. The number of piperidine rings is 1. The molecule has 1 fully saturated rings. The van der Waals surface area contributed by atoms with E-state index < -0.39 is 0 Å². The van der Waals surface area contributed by atoms with E-state index in [0.29, 0.717) is 24.1 Å². The third-order valence-corrected chi connectivity index (χ3v) is 4.27. The summed E-state index contributed by atoms with van der Waals surface area (Å²) in [6.07, 6.45) is 3.56. The van der Waals surface area contributed by atoms with Crippen molar-refractivity contribution in [3.8, 4) is 11.3 Å². The summed E-state index contributed by atoms with van der Waals surface area (Å²) in [6, 6.07) is 6.19. The fourth-order valence-corrected chi connectivity index (χ4v) is 2.95. The Balaban J connectivity index is 1.65. The lowest BCUT2D eigenvalue weighted by molar-refractivity contribution is 0.0566. The van der Waals surface area contributed by atoms with Crippen LogP contribution in [0.3, 0.4) is 0 Å². The highest BCUT2D eigenvalue weighted by Crippen LogP contribution is 2.24. The van der Waals surface area contributed by atoms with E-state index in [1.165, 1.54) is 12.1 Å². The van der Waals surface area contributed by atoms with Crippen molar-refractivity contribution in [1.82, 2.24) is 9.88 Å². The quantitative estimate of drug-likeness (QED) is 0.943. The van der Waals surface area contributed by atoms with Crippen molar-refractivity contribution >= 4 is 0 Å². The molecule has 1 saturated heterocycles. The summed E-state index contributed by atoms with van der Waals surface area (Å²) in [5.41, 5.74) is 0.820. The molecule has 2 aromatic rings. The van der Waals surface area contributed by atoms with E-state index in [0.717, 1.165) is 31.5 Å². The molecule has 1 aromatic heterocycles. The van der Waals surface area contributed by atoms with Crippen molar-refractivity contribution in [2.24, 2.45) is 5.92 Å². The van der Waals surface area contributed by atoms with Crippen LogP contribution in [-0.4, -0.2) is 34.2 Å². The van der Waals surface area contributed by atoms with E-state index in [9.17, 15) is 9.50 Å². The maximum Gasteiger partial charge on any atom is 0.209 e. The van der Waals surface area contributed by atoms with Gasteiger partial charge in [0.15, 0.2) is 5.76 Å². The molecule has 3 rings (SSSR count). The molecule has 0 radical (unpaired) electrons. The van der Waals surface area contributed by atoms with E-state index in [2.05, 4.69) is 9.88 Å². The van der Waals surface area contributed by atoms with E-state index in [-0.39, 0.29) is 11.9 Å². The van der Waals surface area contributed by atoms with Crippen LogP contribution in [0.1, 0.15) is 25.7 Å². The van der Waals surface area contributed by atoms with Crippen LogP contribution in [0.4, 0.5) is 4.39 Å². The molecular weight excluding hydrogens is 283 g/mol. The van der Waals surface area contributed by atoms with Crippen molar-refractivity contribution in [3.63, 3.8) is 0 Å². The number of likely N-dealkylation sites (tertiary alicyclic amines) is 1. The normalized spacial score (nSPS) is 21.0. The molecule has 2 atom stereocenters. The average Bonchev–Trinajstić information content (AvgIpc) is 2.96. The highest BCUT2D eigenvalue weighted by Gasteiger charge is 2.24. The number of benzene rings is 1. The first kappa shape index (κ1) is 15.2. The summed E-state index contributed by atoms with van der Waals surface area (Å²) in [5.74, 6) is 1.37. The molecule has 0 saturated carbocycles. The largest absolute Gasteiger partial charge is 0.439 e. The molecule has 1 aliphatic heterocycles. The minimum atomic E-state index is -0.276. The Morgan fingerprint density at radius 1 is 1.41 bits per heavy atom. The fraction of sp³-hybridized carbons (Fsp3) is 0.471. The number of hydrogen-bond acceptors (Lipinski definition) is 4. The summed E-state index contributed by atoms with van der Waals surface area (Å²) in [7, 11) is 0. The lowest BCUT2D eigenvalue weighted by atomic mass is 9.93. The number of aromatic nitrogens is 1.